The average Bonchev–Trinajstić information content (AvgIpc) is 2.50. The van der Waals surface area contributed by atoms with Crippen LogP contribution in [0.4, 0.5) is 17.1 Å². The maximum Gasteiger partial charge on any atom is 0.306 e. The summed E-state index contributed by atoms with van der Waals surface area (Å²) in [5.74, 6) is -0.358. The second-order valence-corrected chi connectivity index (χ2v) is 4.48. The Kier molecular flexibility index (Phi) is 6.59. The summed E-state index contributed by atoms with van der Waals surface area (Å²) >= 11 is 0. The lowest BCUT2D eigenvalue weighted by Gasteiger charge is -2.04. The van der Waals surface area contributed by atoms with Crippen LogP contribution in [-0.4, -0.2) is 28.1 Å². The molecule has 0 atom stereocenters. The van der Waals surface area contributed by atoms with Crippen LogP contribution in [0.3, 0.4) is 0 Å². The van der Waals surface area contributed by atoms with Gasteiger partial charge in [-0.25, -0.2) is 0 Å². The van der Waals surface area contributed by atoms with Gasteiger partial charge in [-0.1, -0.05) is 0 Å². The van der Waals surface area contributed by atoms with Crippen LogP contribution in [0.15, 0.2) is 23.3 Å². The number of anilines is 1. The van der Waals surface area contributed by atoms with Gasteiger partial charge in [-0.15, -0.1) is 0 Å². The molecule has 10 nitrogen and oxygen atoms in total. The van der Waals surface area contributed by atoms with Crippen molar-refractivity contribution in [2.45, 2.75) is 26.7 Å². The van der Waals surface area contributed by atoms with Gasteiger partial charge in [-0.3, -0.25) is 30.4 Å². The molecule has 0 radical (unpaired) electrons. The van der Waals surface area contributed by atoms with Gasteiger partial charge < -0.3 is 4.74 Å². The smallest absolute Gasteiger partial charge is 0.306 e. The molecule has 0 fully saturated rings. The molecule has 0 aliphatic carbocycles. The Bertz CT molecular complexity index is 643. The lowest BCUT2D eigenvalue weighted by Crippen LogP contribution is -2.07. The third kappa shape index (κ3) is 5.69. The summed E-state index contributed by atoms with van der Waals surface area (Å²) in [7, 11) is 0. The number of nitro groups is 2. The topological polar surface area (TPSA) is 137 Å². The number of ether oxygens (including phenoxy) is 1. The van der Waals surface area contributed by atoms with Crippen LogP contribution in [0, 0.1) is 20.2 Å². The van der Waals surface area contributed by atoms with Crippen LogP contribution in [0.2, 0.25) is 0 Å². The Morgan fingerprint density at radius 3 is 2.52 bits per heavy atom. The molecule has 1 aromatic carbocycles. The highest BCUT2D eigenvalue weighted by Gasteiger charge is 2.19. The first kappa shape index (κ1) is 18.0. The highest BCUT2D eigenvalue weighted by molar-refractivity contribution is 5.86. The zero-order valence-corrected chi connectivity index (χ0v) is 12.6. The largest absolute Gasteiger partial charge is 0.466 e. The van der Waals surface area contributed by atoms with Crippen molar-refractivity contribution in [3.05, 3.63) is 38.4 Å². The fourth-order valence-corrected chi connectivity index (χ4v) is 1.61. The van der Waals surface area contributed by atoms with Gasteiger partial charge in [0.25, 0.3) is 5.69 Å². The quantitative estimate of drug-likeness (QED) is 0.336. The van der Waals surface area contributed by atoms with Crippen molar-refractivity contribution in [1.82, 2.24) is 0 Å². The summed E-state index contributed by atoms with van der Waals surface area (Å²) in [5.41, 5.74) is 2.20. The van der Waals surface area contributed by atoms with Crippen LogP contribution in [0.5, 0.6) is 0 Å². The predicted octanol–water partition coefficient (Wildman–Crippen LogP) is 2.63. The van der Waals surface area contributed by atoms with Gasteiger partial charge >= 0.3 is 11.7 Å². The average molecular weight is 324 g/mol. The number of carbonyl (C=O) groups excluding carboxylic acids is 1. The van der Waals surface area contributed by atoms with E-state index in [2.05, 4.69) is 10.5 Å². The number of nitrogens with zero attached hydrogens (tertiary/aromatic N) is 3. The molecule has 0 spiro atoms. The van der Waals surface area contributed by atoms with E-state index in [1.54, 1.807) is 13.8 Å². The molecule has 0 aromatic heterocycles. The van der Waals surface area contributed by atoms with Crippen molar-refractivity contribution in [2.24, 2.45) is 5.10 Å². The normalized spacial score (nSPS) is 11.0. The van der Waals surface area contributed by atoms with Gasteiger partial charge in [0.2, 0.25) is 0 Å². The number of hydrazone groups is 1. The number of nitrogens with one attached hydrogen (secondary N) is 1. The van der Waals surface area contributed by atoms with Crippen molar-refractivity contribution >= 4 is 28.7 Å². The minimum atomic E-state index is -0.737. The molecule has 10 heteroatoms. The third-order valence-corrected chi connectivity index (χ3v) is 2.75. The lowest BCUT2D eigenvalue weighted by atomic mass is 10.2. The summed E-state index contributed by atoms with van der Waals surface area (Å²) < 4.78 is 4.77. The lowest BCUT2D eigenvalue weighted by molar-refractivity contribution is -0.393. The zero-order valence-electron chi connectivity index (χ0n) is 12.6. The van der Waals surface area contributed by atoms with E-state index in [4.69, 9.17) is 4.74 Å². The number of non-ortho nitro benzene ring substituents is 1. The summed E-state index contributed by atoms with van der Waals surface area (Å²) in [6, 6.07) is 3.20. The van der Waals surface area contributed by atoms with E-state index in [1.165, 1.54) is 6.07 Å². The van der Waals surface area contributed by atoms with Crippen molar-refractivity contribution in [3.63, 3.8) is 0 Å². The molecule has 1 aromatic rings. The summed E-state index contributed by atoms with van der Waals surface area (Å²) in [4.78, 5) is 31.4. The summed E-state index contributed by atoms with van der Waals surface area (Å²) in [6.07, 6.45) is 0.472. The number of carbonyl (C=O) groups is 1. The minimum absolute atomic E-state index is 0.0242. The maximum atomic E-state index is 11.2. The summed E-state index contributed by atoms with van der Waals surface area (Å²) in [6.45, 7) is 3.64. The Morgan fingerprint density at radius 1 is 1.26 bits per heavy atom. The molecule has 0 amide bonds. The number of benzene rings is 1. The highest BCUT2D eigenvalue weighted by Crippen LogP contribution is 2.28. The number of rotatable bonds is 8. The molecule has 0 heterocycles. The van der Waals surface area contributed by atoms with Gasteiger partial charge in [0.1, 0.15) is 5.69 Å². The molecule has 0 aliphatic heterocycles. The van der Waals surface area contributed by atoms with Gasteiger partial charge in [-0.2, -0.15) is 5.10 Å². The molecule has 1 N–H and O–H groups in total. The van der Waals surface area contributed by atoms with Crippen LogP contribution in [-0.2, 0) is 9.53 Å². The van der Waals surface area contributed by atoms with Crippen molar-refractivity contribution in [1.29, 1.82) is 0 Å². The van der Waals surface area contributed by atoms with Gasteiger partial charge in [0, 0.05) is 11.8 Å². The molecule has 0 saturated heterocycles. The van der Waals surface area contributed by atoms with Gasteiger partial charge in [-0.05, 0) is 26.3 Å². The molecule has 23 heavy (non-hydrogen) atoms. The Balaban J connectivity index is 2.80. The number of hydrogen-bond acceptors (Lipinski definition) is 8. The van der Waals surface area contributed by atoms with E-state index >= 15 is 0 Å². The second-order valence-electron chi connectivity index (χ2n) is 4.48. The molecule has 124 valence electrons. The van der Waals surface area contributed by atoms with Crippen LogP contribution >= 0.6 is 0 Å². The van der Waals surface area contributed by atoms with E-state index in [1.807, 2.05) is 0 Å². The van der Waals surface area contributed by atoms with Crippen molar-refractivity contribution < 1.29 is 19.4 Å². The Morgan fingerprint density at radius 2 is 1.96 bits per heavy atom. The molecule has 0 bridgehead atoms. The van der Waals surface area contributed by atoms with Crippen LogP contribution in [0.25, 0.3) is 0 Å². The Hall–Kier alpha value is -3.04. The standard InChI is InChI=1S/C13H16N4O6/c1-3-23-13(18)7-4-9(2)14-15-11-6-5-10(16(19)20)8-12(11)17(21)22/h5-6,8,15H,3-4,7H2,1-2H3. The molecule has 0 aliphatic rings. The van der Waals surface area contributed by atoms with Gasteiger partial charge in [0.15, 0.2) is 0 Å². The molecule has 0 unspecified atom stereocenters. The molecular formula is C13H16N4O6. The highest BCUT2D eigenvalue weighted by atomic mass is 16.6. The minimum Gasteiger partial charge on any atom is -0.466 e. The Labute approximate surface area is 131 Å². The van der Waals surface area contributed by atoms with E-state index in [9.17, 15) is 25.0 Å². The van der Waals surface area contributed by atoms with Crippen LogP contribution in [0.1, 0.15) is 26.7 Å². The fourth-order valence-electron chi connectivity index (χ4n) is 1.61. The van der Waals surface area contributed by atoms with E-state index in [0.717, 1.165) is 12.1 Å². The first-order valence-electron chi connectivity index (χ1n) is 6.72. The van der Waals surface area contributed by atoms with Gasteiger partial charge in [0.05, 0.1) is 28.9 Å². The summed E-state index contributed by atoms with van der Waals surface area (Å²) in [5, 5.41) is 25.5. The second kappa shape index (κ2) is 8.41. The monoisotopic (exact) mass is 324 g/mol. The van der Waals surface area contributed by atoms with E-state index < -0.39 is 15.5 Å². The number of nitro benzene ring substituents is 2. The van der Waals surface area contributed by atoms with Crippen LogP contribution < -0.4 is 5.43 Å². The predicted molar refractivity (Wildman–Crippen MR) is 82.3 cm³/mol. The van der Waals surface area contributed by atoms with E-state index in [0.29, 0.717) is 18.7 Å². The molecular weight excluding hydrogens is 308 g/mol. The van der Waals surface area contributed by atoms with Crippen molar-refractivity contribution in [2.75, 3.05) is 12.0 Å². The number of esters is 1. The van der Waals surface area contributed by atoms with Crippen molar-refractivity contribution in [3.8, 4) is 0 Å². The molecule has 0 saturated carbocycles. The zero-order chi connectivity index (χ0) is 17.4. The molecule has 1 rings (SSSR count). The maximum absolute atomic E-state index is 11.2. The first-order chi connectivity index (χ1) is 10.8. The van der Waals surface area contributed by atoms with E-state index in [-0.39, 0.29) is 23.8 Å². The fraction of sp³-hybridized carbons (Fsp3) is 0.385. The number of hydrogen-bond donors (Lipinski definition) is 1. The third-order valence-electron chi connectivity index (χ3n) is 2.75. The first-order valence-corrected chi connectivity index (χ1v) is 6.72. The SMILES string of the molecule is CCOC(=O)CCC(C)=NNc1ccc([N+](=O)[O-])cc1[N+](=O)[O-].